The molecule has 3 rings (SSSR count). The minimum atomic E-state index is -0.362. The molecule has 0 aromatic heterocycles. The fourth-order valence-electron chi connectivity index (χ4n) is 3.49. The quantitative estimate of drug-likeness (QED) is 0.876. The third-order valence-electron chi connectivity index (χ3n) is 5.09. The van der Waals surface area contributed by atoms with Crippen molar-refractivity contribution in [1.29, 1.82) is 0 Å². The zero-order valence-electron chi connectivity index (χ0n) is 14.3. The summed E-state index contributed by atoms with van der Waals surface area (Å²) in [7, 11) is 0. The van der Waals surface area contributed by atoms with E-state index >= 15 is 0 Å². The van der Waals surface area contributed by atoms with Gasteiger partial charge >= 0.3 is 0 Å². The number of carbonyl (C=O) groups is 1. The van der Waals surface area contributed by atoms with Gasteiger partial charge in [0.15, 0.2) is 0 Å². The van der Waals surface area contributed by atoms with Crippen molar-refractivity contribution in [3.05, 3.63) is 35.9 Å². The lowest BCUT2D eigenvalue weighted by molar-refractivity contribution is -0.136. The molecule has 1 aromatic rings. The van der Waals surface area contributed by atoms with Crippen molar-refractivity contribution < 1.29 is 4.79 Å². The van der Waals surface area contributed by atoms with Crippen LogP contribution in [0.4, 0.5) is 0 Å². The molecule has 1 saturated carbocycles. The fraction of sp³-hybridized carbons (Fsp3) is 0.632. The second-order valence-corrected chi connectivity index (χ2v) is 7.41. The number of likely N-dealkylation sites (tertiary alicyclic amines) is 1. The van der Waals surface area contributed by atoms with Crippen molar-refractivity contribution in [1.82, 2.24) is 9.80 Å². The maximum absolute atomic E-state index is 12.8. The highest BCUT2D eigenvalue weighted by molar-refractivity contribution is 5.83. The van der Waals surface area contributed by atoms with E-state index < -0.39 is 0 Å². The van der Waals surface area contributed by atoms with Gasteiger partial charge in [-0.3, -0.25) is 9.69 Å². The number of hydrogen-bond donors (Lipinski definition) is 1. The molecule has 1 aliphatic carbocycles. The molecular formula is C19H29N3O. The van der Waals surface area contributed by atoms with Crippen molar-refractivity contribution in [2.45, 2.75) is 57.8 Å². The van der Waals surface area contributed by atoms with Gasteiger partial charge in [0.1, 0.15) is 0 Å². The van der Waals surface area contributed by atoms with Crippen LogP contribution in [0, 0.1) is 5.92 Å². The summed E-state index contributed by atoms with van der Waals surface area (Å²) in [4.78, 5) is 17.4. The van der Waals surface area contributed by atoms with Crippen molar-refractivity contribution >= 4 is 5.91 Å². The molecule has 23 heavy (non-hydrogen) atoms. The van der Waals surface area contributed by atoms with E-state index in [9.17, 15) is 4.79 Å². The van der Waals surface area contributed by atoms with Gasteiger partial charge in [-0.15, -0.1) is 0 Å². The zero-order chi connectivity index (χ0) is 16.4. The van der Waals surface area contributed by atoms with Crippen molar-refractivity contribution in [2.24, 2.45) is 11.7 Å². The summed E-state index contributed by atoms with van der Waals surface area (Å²) < 4.78 is 0. The van der Waals surface area contributed by atoms with Crippen LogP contribution < -0.4 is 5.73 Å². The molecule has 2 atom stereocenters. The Balaban J connectivity index is 1.62. The topological polar surface area (TPSA) is 49.6 Å². The number of benzene rings is 1. The molecule has 0 spiro atoms. The van der Waals surface area contributed by atoms with Crippen LogP contribution in [-0.2, 0) is 11.3 Å². The second kappa shape index (κ2) is 7.02. The van der Waals surface area contributed by atoms with Gasteiger partial charge in [0, 0.05) is 31.7 Å². The van der Waals surface area contributed by atoms with Crippen LogP contribution in [0.15, 0.2) is 30.3 Å². The number of nitrogens with zero attached hydrogens (tertiary/aromatic N) is 2. The van der Waals surface area contributed by atoms with Crippen LogP contribution in [0.3, 0.4) is 0 Å². The van der Waals surface area contributed by atoms with Gasteiger partial charge in [0.25, 0.3) is 0 Å². The Kier molecular flexibility index (Phi) is 5.02. The summed E-state index contributed by atoms with van der Waals surface area (Å²) in [6.07, 6.45) is 3.36. The minimum absolute atomic E-state index is 0.161. The van der Waals surface area contributed by atoms with Gasteiger partial charge in [-0.1, -0.05) is 44.2 Å². The van der Waals surface area contributed by atoms with Crippen LogP contribution >= 0.6 is 0 Å². The third kappa shape index (κ3) is 3.93. The molecule has 4 heteroatoms. The predicted molar refractivity (Wildman–Crippen MR) is 92.8 cm³/mol. The van der Waals surface area contributed by atoms with E-state index in [1.165, 1.54) is 5.56 Å². The van der Waals surface area contributed by atoms with E-state index in [1.54, 1.807) is 0 Å². The van der Waals surface area contributed by atoms with E-state index in [0.29, 0.717) is 12.1 Å². The standard InChI is InChI=1S/C19H29N3O/c1-14(2)18(20)19(23)22(16-8-9-16)17-10-11-21(13-17)12-15-6-4-3-5-7-15/h3-7,14,16-18H,8-13,20H2,1-2H3/t17-,18?/m0/s1. The minimum Gasteiger partial charge on any atom is -0.334 e. The maximum Gasteiger partial charge on any atom is 0.240 e. The van der Waals surface area contributed by atoms with Crippen LogP contribution in [-0.4, -0.2) is 46.9 Å². The van der Waals surface area contributed by atoms with E-state index in [-0.39, 0.29) is 17.9 Å². The summed E-state index contributed by atoms with van der Waals surface area (Å²) >= 11 is 0. The lowest BCUT2D eigenvalue weighted by Crippen LogP contribution is -2.52. The highest BCUT2D eigenvalue weighted by Gasteiger charge is 2.41. The first-order valence-electron chi connectivity index (χ1n) is 8.90. The summed E-state index contributed by atoms with van der Waals surface area (Å²) in [5.74, 6) is 0.361. The van der Waals surface area contributed by atoms with Crippen LogP contribution in [0.1, 0.15) is 38.7 Å². The second-order valence-electron chi connectivity index (χ2n) is 7.41. The van der Waals surface area contributed by atoms with Crippen LogP contribution in [0.25, 0.3) is 0 Å². The van der Waals surface area contributed by atoms with E-state index in [0.717, 1.165) is 38.9 Å². The van der Waals surface area contributed by atoms with Gasteiger partial charge in [0.2, 0.25) is 5.91 Å². The first-order chi connectivity index (χ1) is 11.1. The monoisotopic (exact) mass is 315 g/mol. The average molecular weight is 315 g/mol. The number of hydrogen-bond acceptors (Lipinski definition) is 3. The largest absolute Gasteiger partial charge is 0.334 e. The molecule has 2 N–H and O–H groups in total. The Hall–Kier alpha value is -1.39. The Morgan fingerprint density at radius 3 is 2.52 bits per heavy atom. The third-order valence-corrected chi connectivity index (χ3v) is 5.09. The lowest BCUT2D eigenvalue weighted by Gasteiger charge is -2.32. The molecule has 1 aromatic carbocycles. The molecule has 126 valence electrons. The molecule has 4 nitrogen and oxygen atoms in total. The van der Waals surface area contributed by atoms with Crippen molar-refractivity contribution in [3.8, 4) is 0 Å². The van der Waals surface area contributed by atoms with Crippen LogP contribution in [0.2, 0.25) is 0 Å². The smallest absolute Gasteiger partial charge is 0.240 e. The van der Waals surface area contributed by atoms with Crippen LogP contribution in [0.5, 0.6) is 0 Å². The molecule has 1 aliphatic heterocycles. The highest BCUT2D eigenvalue weighted by atomic mass is 16.2. The molecule has 0 bridgehead atoms. The summed E-state index contributed by atoms with van der Waals surface area (Å²) in [6.45, 7) is 7.07. The normalized spacial score (nSPS) is 23.2. The summed E-state index contributed by atoms with van der Waals surface area (Å²) in [5.41, 5.74) is 7.49. The maximum atomic E-state index is 12.8. The number of amides is 1. The number of carbonyl (C=O) groups excluding carboxylic acids is 1. The molecule has 2 aliphatic rings. The predicted octanol–water partition coefficient (Wildman–Crippen LogP) is 2.24. The molecule has 1 unspecified atom stereocenters. The fourth-order valence-corrected chi connectivity index (χ4v) is 3.49. The molecule has 1 saturated heterocycles. The number of nitrogens with two attached hydrogens (primary N) is 1. The molecule has 1 heterocycles. The van der Waals surface area contributed by atoms with Gasteiger partial charge in [-0.2, -0.15) is 0 Å². The van der Waals surface area contributed by atoms with Gasteiger partial charge in [-0.05, 0) is 30.7 Å². The Morgan fingerprint density at radius 2 is 1.91 bits per heavy atom. The first kappa shape index (κ1) is 16.5. The SMILES string of the molecule is CC(C)C(N)C(=O)N(C1CC1)[C@H]1CCN(Cc2ccccc2)C1. The van der Waals surface area contributed by atoms with Gasteiger partial charge in [0.05, 0.1) is 6.04 Å². The van der Waals surface area contributed by atoms with Crippen molar-refractivity contribution in [2.75, 3.05) is 13.1 Å². The molecule has 1 amide bonds. The van der Waals surface area contributed by atoms with Gasteiger partial charge < -0.3 is 10.6 Å². The average Bonchev–Trinajstić information content (AvgIpc) is 3.27. The molecule has 0 radical (unpaired) electrons. The Bertz CT molecular complexity index is 527. The van der Waals surface area contributed by atoms with Gasteiger partial charge in [-0.25, -0.2) is 0 Å². The van der Waals surface area contributed by atoms with E-state index in [2.05, 4.69) is 40.1 Å². The van der Waals surface area contributed by atoms with Crippen molar-refractivity contribution in [3.63, 3.8) is 0 Å². The Morgan fingerprint density at radius 1 is 1.22 bits per heavy atom. The molecule has 2 fully saturated rings. The Labute approximate surface area is 139 Å². The summed E-state index contributed by atoms with van der Waals surface area (Å²) in [6, 6.07) is 11.0. The zero-order valence-corrected chi connectivity index (χ0v) is 14.3. The van der Waals surface area contributed by atoms with E-state index in [4.69, 9.17) is 5.73 Å². The molecular weight excluding hydrogens is 286 g/mol. The number of rotatable bonds is 6. The summed E-state index contributed by atoms with van der Waals surface area (Å²) in [5, 5.41) is 0. The first-order valence-corrected chi connectivity index (χ1v) is 8.90. The van der Waals surface area contributed by atoms with E-state index in [1.807, 2.05) is 13.8 Å². The highest BCUT2D eigenvalue weighted by Crippen LogP contribution is 2.32. The lowest BCUT2D eigenvalue weighted by atomic mass is 10.0.